The highest BCUT2D eigenvalue weighted by molar-refractivity contribution is 5.63. The Labute approximate surface area is 112 Å². The van der Waals surface area contributed by atoms with Gasteiger partial charge in [0.25, 0.3) is 0 Å². The lowest BCUT2D eigenvalue weighted by atomic mass is 10.3. The van der Waals surface area contributed by atoms with E-state index in [1.807, 2.05) is 0 Å². The minimum Gasteiger partial charge on any atom is -0.495 e. The van der Waals surface area contributed by atoms with Gasteiger partial charge in [0.1, 0.15) is 19.1 Å². The molecule has 0 fully saturated rings. The van der Waals surface area contributed by atoms with Crippen molar-refractivity contribution in [1.29, 1.82) is 0 Å². The van der Waals surface area contributed by atoms with Crippen LogP contribution in [0.5, 0.6) is 11.5 Å². The van der Waals surface area contributed by atoms with E-state index in [1.165, 1.54) is 33.9 Å². The number of ether oxygens (including phenoxy) is 5. The number of furan rings is 1. The average molecular weight is 270 g/mol. The van der Waals surface area contributed by atoms with Crippen molar-refractivity contribution in [2.75, 3.05) is 35.0 Å². The molecule has 0 atom stereocenters. The first-order valence-corrected chi connectivity index (χ1v) is 5.45. The van der Waals surface area contributed by atoms with Crippen molar-refractivity contribution in [3.63, 3.8) is 0 Å². The van der Waals surface area contributed by atoms with Gasteiger partial charge in [-0.2, -0.15) is 0 Å². The fraction of sp³-hybridized carbons (Fsp3) is 0.385. The zero-order valence-corrected chi connectivity index (χ0v) is 11.5. The summed E-state index contributed by atoms with van der Waals surface area (Å²) in [7, 11) is 6.10. The van der Waals surface area contributed by atoms with Crippen LogP contribution in [0.2, 0.25) is 0 Å². The maximum absolute atomic E-state index is 5.34. The van der Waals surface area contributed by atoms with Gasteiger partial charge in [-0.3, -0.25) is 0 Å². The molecule has 1 rings (SSSR count). The van der Waals surface area contributed by atoms with Gasteiger partial charge in [-0.1, -0.05) is 6.58 Å². The van der Waals surface area contributed by atoms with Crippen LogP contribution in [-0.2, 0) is 14.2 Å². The van der Waals surface area contributed by atoms with E-state index in [2.05, 4.69) is 6.58 Å². The van der Waals surface area contributed by atoms with Crippen LogP contribution in [0.1, 0.15) is 5.76 Å². The van der Waals surface area contributed by atoms with E-state index in [-0.39, 0.29) is 5.76 Å². The Hall–Kier alpha value is -2.08. The van der Waals surface area contributed by atoms with Crippen LogP contribution in [-0.4, -0.2) is 35.0 Å². The van der Waals surface area contributed by atoms with Gasteiger partial charge in [-0.05, 0) is 0 Å². The normalized spacial score (nSPS) is 11.1. The Morgan fingerprint density at radius 2 is 2.00 bits per heavy atom. The third-order valence-electron chi connectivity index (χ3n) is 2.27. The van der Waals surface area contributed by atoms with Crippen molar-refractivity contribution < 1.29 is 28.1 Å². The van der Waals surface area contributed by atoms with Crippen LogP contribution in [0.15, 0.2) is 29.3 Å². The zero-order valence-electron chi connectivity index (χ0n) is 11.5. The number of rotatable bonds is 8. The molecule has 0 saturated carbocycles. The Bertz CT molecular complexity index is 446. The molecule has 0 aromatic carbocycles. The second-order valence-electron chi connectivity index (χ2n) is 3.43. The van der Waals surface area contributed by atoms with E-state index in [9.17, 15) is 0 Å². The van der Waals surface area contributed by atoms with Crippen LogP contribution in [0.25, 0.3) is 5.76 Å². The molecule has 0 aliphatic rings. The fourth-order valence-corrected chi connectivity index (χ4v) is 1.33. The third-order valence-corrected chi connectivity index (χ3v) is 2.27. The molecule has 6 nitrogen and oxygen atoms in total. The van der Waals surface area contributed by atoms with Gasteiger partial charge < -0.3 is 28.1 Å². The molecule has 6 heteroatoms. The topological polar surface area (TPSA) is 59.3 Å². The lowest BCUT2D eigenvalue weighted by Gasteiger charge is -2.07. The van der Waals surface area contributed by atoms with Crippen LogP contribution >= 0.6 is 0 Å². The summed E-state index contributed by atoms with van der Waals surface area (Å²) in [6, 6.07) is 0. The van der Waals surface area contributed by atoms with Crippen molar-refractivity contribution in [2.45, 2.75) is 0 Å². The van der Waals surface area contributed by atoms with E-state index in [1.54, 1.807) is 7.11 Å². The first-order valence-electron chi connectivity index (χ1n) is 5.45. The van der Waals surface area contributed by atoms with Gasteiger partial charge in [0.15, 0.2) is 17.3 Å². The molecule has 0 unspecified atom stereocenters. The summed E-state index contributed by atoms with van der Waals surface area (Å²) in [5.41, 5.74) is 0. The Balaban J connectivity index is 2.81. The maximum Gasteiger partial charge on any atom is 0.214 e. The Morgan fingerprint density at radius 1 is 1.26 bits per heavy atom. The number of methoxy groups -OCH3 is 4. The second kappa shape index (κ2) is 7.38. The highest BCUT2D eigenvalue weighted by Crippen LogP contribution is 2.37. The highest BCUT2D eigenvalue weighted by Gasteiger charge is 2.18. The van der Waals surface area contributed by atoms with E-state index in [0.717, 1.165) is 0 Å². The first-order chi connectivity index (χ1) is 9.17. The SMILES string of the molecule is C=C(O/C=C(\COC)OC)c1occ(OC)c1OC. The lowest BCUT2D eigenvalue weighted by Crippen LogP contribution is -1.98. The van der Waals surface area contributed by atoms with E-state index < -0.39 is 0 Å². The first kappa shape index (κ1) is 15.0. The van der Waals surface area contributed by atoms with Crippen molar-refractivity contribution in [2.24, 2.45) is 0 Å². The summed E-state index contributed by atoms with van der Waals surface area (Å²) in [6.07, 6.45) is 2.80. The van der Waals surface area contributed by atoms with Gasteiger partial charge in [0.2, 0.25) is 11.5 Å². The molecule has 0 N–H and O–H groups in total. The maximum atomic E-state index is 5.34. The Kier molecular flexibility index (Phi) is 5.81. The lowest BCUT2D eigenvalue weighted by molar-refractivity contribution is 0.151. The van der Waals surface area contributed by atoms with E-state index in [0.29, 0.717) is 29.6 Å². The van der Waals surface area contributed by atoms with Crippen molar-refractivity contribution in [3.8, 4) is 11.5 Å². The minimum absolute atomic E-state index is 0.269. The zero-order chi connectivity index (χ0) is 14.3. The molecule has 0 aliphatic carbocycles. The van der Waals surface area contributed by atoms with Gasteiger partial charge >= 0.3 is 0 Å². The predicted octanol–water partition coefficient (Wildman–Crippen LogP) is 2.42. The van der Waals surface area contributed by atoms with Crippen LogP contribution < -0.4 is 9.47 Å². The van der Waals surface area contributed by atoms with Crippen molar-refractivity contribution >= 4 is 5.76 Å². The molecule has 106 valence electrons. The van der Waals surface area contributed by atoms with Gasteiger partial charge in [0, 0.05) is 7.11 Å². The molecule has 0 radical (unpaired) electrons. The minimum atomic E-state index is 0.269. The van der Waals surface area contributed by atoms with Crippen molar-refractivity contribution in [3.05, 3.63) is 30.6 Å². The number of hydrogen-bond donors (Lipinski definition) is 0. The fourth-order valence-electron chi connectivity index (χ4n) is 1.33. The summed E-state index contributed by atoms with van der Waals surface area (Å²) in [5, 5.41) is 0. The molecule has 19 heavy (non-hydrogen) atoms. The quantitative estimate of drug-likeness (QED) is 0.676. The van der Waals surface area contributed by atoms with Gasteiger partial charge in [0.05, 0.1) is 21.3 Å². The highest BCUT2D eigenvalue weighted by atomic mass is 16.5. The largest absolute Gasteiger partial charge is 0.495 e. The molecular weight excluding hydrogens is 252 g/mol. The van der Waals surface area contributed by atoms with Gasteiger partial charge in [-0.25, -0.2) is 0 Å². The molecular formula is C13H18O6. The van der Waals surface area contributed by atoms with Crippen LogP contribution in [0.4, 0.5) is 0 Å². The third kappa shape index (κ3) is 3.69. The molecule has 0 aliphatic heterocycles. The Morgan fingerprint density at radius 3 is 2.53 bits per heavy atom. The van der Waals surface area contributed by atoms with Crippen molar-refractivity contribution in [1.82, 2.24) is 0 Å². The summed E-state index contributed by atoms with van der Waals surface area (Å²) >= 11 is 0. The molecule has 0 spiro atoms. The molecule has 0 amide bonds. The number of hydrogen-bond acceptors (Lipinski definition) is 6. The van der Waals surface area contributed by atoms with E-state index >= 15 is 0 Å². The summed E-state index contributed by atoms with van der Waals surface area (Å²) in [6.45, 7) is 4.05. The molecule has 1 heterocycles. The molecule has 0 bridgehead atoms. The van der Waals surface area contributed by atoms with Gasteiger partial charge in [-0.15, -0.1) is 0 Å². The standard InChI is InChI=1S/C13H18O6/c1-9(18-7-10(15-3)6-14-2)12-13(17-5)11(16-4)8-19-12/h7-8H,1,6H2,2-5H3/b10-7+. The summed E-state index contributed by atoms with van der Waals surface area (Å²) in [5.74, 6) is 2.03. The molecule has 1 aromatic rings. The monoisotopic (exact) mass is 270 g/mol. The van der Waals surface area contributed by atoms with Crippen LogP contribution in [0.3, 0.4) is 0 Å². The smallest absolute Gasteiger partial charge is 0.214 e. The predicted molar refractivity (Wildman–Crippen MR) is 68.9 cm³/mol. The molecule has 1 aromatic heterocycles. The van der Waals surface area contributed by atoms with Crippen LogP contribution in [0, 0.1) is 0 Å². The second-order valence-corrected chi connectivity index (χ2v) is 3.43. The summed E-state index contributed by atoms with van der Waals surface area (Å²) < 4.78 is 30.9. The average Bonchev–Trinajstić information content (AvgIpc) is 2.85. The van der Waals surface area contributed by atoms with E-state index in [4.69, 9.17) is 28.1 Å². The molecule has 0 saturated heterocycles. The summed E-state index contributed by atoms with van der Waals surface area (Å²) in [4.78, 5) is 0.